The van der Waals surface area contributed by atoms with Crippen LogP contribution < -0.4 is 10.6 Å². The second kappa shape index (κ2) is 7.45. The van der Waals surface area contributed by atoms with E-state index in [1.807, 2.05) is 6.07 Å². The lowest BCUT2D eigenvalue weighted by Gasteiger charge is -2.11. The minimum Gasteiger partial charge on any atom is -0.472 e. The monoisotopic (exact) mass is 376 g/mol. The maximum absolute atomic E-state index is 12.2. The molecule has 0 aliphatic rings. The molecule has 0 fully saturated rings. The topological polar surface area (TPSA) is 97.1 Å². The van der Waals surface area contributed by atoms with Crippen molar-refractivity contribution in [2.75, 3.05) is 5.32 Å². The highest BCUT2D eigenvalue weighted by molar-refractivity contribution is 7.10. The van der Waals surface area contributed by atoms with Crippen LogP contribution in [-0.2, 0) is 4.79 Å². The zero-order valence-electron chi connectivity index (χ0n) is 13.0. The Morgan fingerprint density at radius 3 is 2.88 bits per heavy atom. The van der Waals surface area contributed by atoms with Crippen LogP contribution >= 0.6 is 23.1 Å². The first-order valence-corrected chi connectivity index (χ1v) is 8.41. The van der Waals surface area contributed by atoms with Crippen LogP contribution in [0.1, 0.15) is 17.3 Å². The fourth-order valence-electron chi connectivity index (χ4n) is 1.97. The number of anilines is 1. The highest BCUT2D eigenvalue weighted by atomic mass is 35.5. The molecule has 0 radical (unpaired) electrons. The molecule has 2 N–H and O–H groups in total. The van der Waals surface area contributed by atoms with Crippen molar-refractivity contribution in [3.05, 3.63) is 53.4 Å². The third-order valence-corrected chi connectivity index (χ3v) is 4.13. The summed E-state index contributed by atoms with van der Waals surface area (Å²) >= 11 is 7.00. The molecule has 2 amide bonds. The first-order chi connectivity index (χ1) is 12.0. The number of nitrogens with zero attached hydrogens (tertiary/aromatic N) is 2. The third kappa shape index (κ3) is 4.23. The van der Waals surface area contributed by atoms with Crippen molar-refractivity contribution in [3.8, 4) is 11.4 Å². The Kier molecular flexibility index (Phi) is 5.11. The quantitative estimate of drug-likeness (QED) is 0.712. The van der Waals surface area contributed by atoms with Gasteiger partial charge in [-0.2, -0.15) is 9.36 Å². The van der Waals surface area contributed by atoms with E-state index in [0.717, 1.165) is 17.1 Å². The summed E-state index contributed by atoms with van der Waals surface area (Å²) in [5.74, 6) is -0.322. The van der Waals surface area contributed by atoms with Gasteiger partial charge < -0.3 is 9.73 Å². The summed E-state index contributed by atoms with van der Waals surface area (Å²) < 4.78 is 9.04. The number of hydrogen-bond donors (Lipinski definition) is 2. The molecule has 128 valence electrons. The maximum Gasteiger partial charge on any atom is 0.255 e. The van der Waals surface area contributed by atoms with E-state index in [1.54, 1.807) is 25.1 Å². The molecule has 25 heavy (non-hydrogen) atoms. The molecule has 7 nitrogen and oxygen atoms in total. The SMILES string of the molecule is C[C@@H](NC(=O)c1ccoc1)C(=O)Nc1nc(-c2cccc(Cl)c2)ns1. The number of amides is 2. The Labute approximate surface area is 152 Å². The van der Waals surface area contributed by atoms with Gasteiger partial charge in [0.05, 0.1) is 11.8 Å². The zero-order chi connectivity index (χ0) is 17.8. The van der Waals surface area contributed by atoms with Crippen molar-refractivity contribution in [2.45, 2.75) is 13.0 Å². The van der Waals surface area contributed by atoms with Crippen molar-refractivity contribution in [1.82, 2.24) is 14.7 Å². The molecule has 0 saturated carbocycles. The van der Waals surface area contributed by atoms with Crippen LogP contribution in [0.5, 0.6) is 0 Å². The molecule has 2 aromatic heterocycles. The van der Waals surface area contributed by atoms with Crippen LogP contribution in [0.3, 0.4) is 0 Å². The van der Waals surface area contributed by atoms with Crippen LogP contribution in [0.4, 0.5) is 5.13 Å². The molecule has 9 heteroatoms. The van der Waals surface area contributed by atoms with Gasteiger partial charge in [-0.05, 0) is 25.1 Å². The summed E-state index contributed by atoms with van der Waals surface area (Å²) in [6, 6.07) is 7.88. The van der Waals surface area contributed by atoms with E-state index in [2.05, 4.69) is 20.0 Å². The van der Waals surface area contributed by atoms with Gasteiger partial charge in [-0.1, -0.05) is 23.7 Å². The summed E-state index contributed by atoms with van der Waals surface area (Å²) in [4.78, 5) is 28.4. The molecule has 0 aliphatic heterocycles. The highest BCUT2D eigenvalue weighted by Crippen LogP contribution is 2.23. The normalized spacial score (nSPS) is 11.8. The lowest BCUT2D eigenvalue weighted by molar-refractivity contribution is -0.117. The first-order valence-electron chi connectivity index (χ1n) is 7.26. The molecule has 1 aromatic carbocycles. The largest absolute Gasteiger partial charge is 0.472 e. The van der Waals surface area contributed by atoms with Gasteiger partial charge in [-0.25, -0.2) is 0 Å². The van der Waals surface area contributed by atoms with Gasteiger partial charge in [0.25, 0.3) is 5.91 Å². The molecule has 0 unspecified atom stereocenters. The number of halogens is 1. The van der Waals surface area contributed by atoms with E-state index in [-0.39, 0.29) is 0 Å². The van der Waals surface area contributed by atoms with Crippen LogP contribution in [-0.4, -0.2) is 27.2 Å². The molecular weight excluding hydrogens is 364 g/mol. The molecule has 0 bridgehead atoms. The lowest BCUT2D eigenvalue weighted by Crippen LogP contribution is -2.41. The fraction of sp³-hybridized carbons (Fsp3) is 0.125. The second-order valence-electron chi connectivity index (χ2n) is 5.13. The van der Waals surface area contributed by atoms with Gasteiger partial charge in [0.2, 0.25) is 11.0 Å². The Morgan fingerprint density at radius 2 is 2.16 bits per heavy atom. The number of carbonyl (C=O) groups is 2. The third-order valence-electron chi connectivity index (χ3n) is 3.26. The Hall–Kier alpha value is -2.71. The van der Waals surface area contributed by atoms with Crippen LogP contribution in [0.2, 0.25) is 5.02 Å². The predicted molar refractivity (Wildman–Crippen MR) is 94.6 cm³/mol. The van der Waals surface area contributed by atoms with Gasteiger partial charge in [0.1, 0.15) is 12.3 Å². The van der Waals surface area contributed by atoms with Gasteiger partial charge in [0, 0.05) is 22.1 Å². The number of nitrogens with one attached hydrogen (secondary N) is 2. The molecule has 1 atom stereocenters. The minimum absolute atomic E-state index is 0.337. The van der Waals surface area contributed by atoms with Gasteiger partial charge in [-0.15, -0.1) is 0 Å². The minimum atomic E-state index is -0.749. The first kappa shape index (κ1) is 17.1. The summed E-state index contributed by atoms with van der Waals surface area (Å²) in [6.45, 7) is 1.58. The standard InChI is InChI=1S/C16H13ClN4O3S/c1-9(18-15(23)11-5-6-24-8-11)14(22)20-16-19-13(21-25-16)10-3-2-4-12(17)7-10/h2-9H,1H3,(H,18,23)(H,19,20,21,22)/t9-/m1/s1. The summed E-state index contributed by atoms with van der Waals surface area (Å²) in [7, 11) is 0. The Morgan fingerprint density at radius 1 is 1.32 bits per heavy atom. The van der Waals surface area contributed by atoms with Crippen LogP contribution in [0, 0.1) is 0 Å². The number of hydrogen-bond acceptors (Lipinski definition) is 6. The average molecular weight is 377 g/mol. The Balaban J connectivity index is 1.62. The number of furan rings is 1. The van der Waals surface area contributed by atoms with Crippen LogP contribution in [0.25, 0.3) is 11.4 Å². The van der Waals surface area contributed by atoms with Crippen LogP contribution in [0.15, 0.2) is 47.3 Å². The van der Waals surface area contributed by atoms with Crippen molar-refractivity contribution in [3.63, 3.8) is 0 Å². The van der Waals surface area contributed by atoms with Gasteiger partial charge in [0.15, 0.2) is 5.82 Å². The number of aromatic nitrogens is 2. The average Bonchev–Trinajstić information content (AvgIpc) is 3.26. The summed E-state index contributed by atoms with van der Waals surface area (Å²) in [6.07, 6.45) is 2.69. The van der Waals surface area contributed by atoms with Gasteiger partial charge >= 0.3 is 0 Å². The fourth-order valence-corrected chi connectivity index (χ4v) is 2.75. The van der Waals surface area contributed by atoms with E-state index in [1.165, 1.54) is 18.6 Å². The number of benzene rings is 1. The molecule has 0 aliphatic carbocycles. The summed E-state index contributed by atoms with van der Waals surface area (Å²) in [5, 5.41) is 6.12. The van der Waals surface area contributed by atoms with E-state index >= 15 is 0 Å². The number of carbonyl (C=O) groups excluding carboxylic acids is 2. The lowest BCUT2D eigenvalue weighted by atomic mass is 10.2. The maximum atomic E-state index is 12.2. The number of rotatable bonds is 5. The summed E-state index contributed by atoms with van der Waals surface area (Å²) in [5.41, 5.74) is 1.10. The second-order valence-corrected chi connectivity index (χ2v) is 6.32. The molecule has 3 rings (SSSR count). The van der Waals surface area contributed by atoms with E-state index in [4.69, 9.17) is 16.0 Å². The van der Waals surface area contributed by atoms with Crippen molar-refractivity contribution in [1.29, 1.82) is 0 Å². The molecule has 2 heterocycles. The van der Waals surface area contributed by atoms with Crippen molar-refractivity contribution < 1.29 is 14.0 Å². The van der Waals surface area contributed by atoms with Crippen molar-refractivity contribution >= 4 is 40.1 Å². The van der Waals surface area contributed by atoms with E-state index < -0.39 is 17.9 Å². The highest BCUT2D eigenvalue weighted by Gasteiger charge is 2.19. The molecule has 0 spiro atoms. The molecular formula is C16H13ClN4O3S. The van der Waals surface area contributed by atoms with Crippen molar-refractivity contribution in [2.24, 2.45) is 0 Å². The molecule has 0 saturated heterocycles. The molecule has 3 aromatic rings. The zero-order valence-corrected chi connectivity index (χ0v) is 14.6. The smallest absolute Gasteiger partial charge is 0.255 e. The Bertz CT molecular complexity index is 894. The van der Waals surface area contributed by atoms with E-state index in [9.17, 15) is 9.59 Å². The van der Waals surface area contributed by atoms with E-state index in [0.29, 0.717) is 21.5 Å². The van der Waals surface area contributed by atoms with Gasteiger partial charge in [-0.3, -0.25) is 14.9 Å². The predicted octanol–water partition coefficient (Wildman–Crippen LogP) is 3.21.